The third-order valence-electron chi connectivity index (χ3n) is 4.89. The molecule has 1 aromatic carbocycles. The zero-order valence-electron chi connectivity index (χ0n) is 14.7. The molecule has 0 N–H and O–H groups in total. The van der Waals surface area contributed by atoms with Gasteiger partial charge in [-0.2, -0.15) is 5.10 Å². The van der Waals surface area contributed by atoms with E-state index in [1.807, 2.05) is 17.1 Å². The molecule has 0 aliphatic carbocycles. The highest BCUT2D eigenvalue weighted by atomic mass is 16.7. The molecule has 0 spiro atoms. The van der Waals surface area contributed by atoms with Crippen molar-refractivity contribution < 1.29 is 9.31 Å². The number of benzene rings is 1. The van der Waals surface area contributed by atoms with Gasteiger partial charge in [-0.25, -0.2) is 0 Å². The first kappa shape index (κ1) is 16.3. The van der Waals surface area contributed by atoms with Gasteiger partial charge in [-0.15, -0.1) is 0 Å². The maximum absolute atomic E-state index is 6.07. The maximum Gasteiger partial charge on any atom is 0.498 e. The van der Waals surface area contributed by atoms with E-state index in [1.54, 1.807) is 0 Å². The lowest BCUT2D eigenvalue weighted by Crippen LogP contribution is -2.41. The summed E-state index contributed by atoms with van der Waals surface area (Å²) in [6, 6.07) is 8.60. The Labute approximate surface area is 138 Å². The van der Waals surface area contributed by atoms with Crippen molar-refractivity contribution in [1.82, 2.24) is 9.78 Å². The van der Waals surface area contributed by atoms with E-state index in [9.17, 15) is 0 Å². The standard InChI is InChI=1S/C18H25BN2O2/c1-14-7-6-8-15(11-14)9-10-21-13-16(12-20-21)19-22-17(2,3)18(4,5)23-19/h6-8,11-13H,9-10H2,1-5H3. The van der Waals surface area contributed by atoms with Crippen LogP contribution in [-0.2, 0) is 22.3 Å². The van der Waals surface area contributed by atoms with E-state index >= 15 is 0 Å². The lowest BCUT2D eigenvalue weighted by atomic mass is 9.82. The van der Waals surface area contributed by atoms with Gasteiger partial charge >= 0.3 is 7.12 Å². The van der Waals surface area contributed by atoms with E-state index in [1.165, 1.54) is 11.1 Å². The van der Waals surface area contributed by atoms with Crippen LogP contribution in [0.5, 0.6) is 0 Å². The van der Waals surface area contributed by atoms with Gasteiger partial charge in [0, 0.05) is 24.4 Å². The molecule has 1 aliphatic heterocycles. The number of rotatable bonds is 4. The summed E-state index contributed by atoms with van der Waals surface area (Å²) in [5.74, 6) is 0. The summed E-state index contributed by atoms with van der Waals surface area (Å²) in [6.07, 6.45) is 4.84. The monoisotopic (exact) mass is 312 g/mol. The highest BCUT2D eigenvalue weighted by Gasteiger charge is 2.52. The van der Waals surface area contributed by atoms with E-state index in [0.29, 0.717) is 0 Å². The SMILES string of the molecule is Cc1cccc(CCn2cc(B3OC(C)(C)C(C)(C)O3)cn2)c1. The summed E-state index contributed by atoms with van der Waals surface area (Å²) >= 11 is 0. The minimum Gasteiger partial charge on any atom is -0.399 e. The largest absolute Gasteiger partial charge is 0.498 e. The van der Waals surface area contributed by atoms with Crippen LogP contribution in [0.4, 0.5) is 0 Å². The normalized spacial score (nSPS) is 19.3. The number of nitrogens with zero attached hydrogens (tertiary/aromatic N) is 2. The molecule has 0 amide bonds. The molecule has 1 aliphatic rings. The van der Waals surface area contributed by atoms with Gasteiger partial charge in [0.2, 0.25) is 0 Å². The van der Waals surface area contributed by atoms with Crippen LogP contribution in [-0.4, -0.2) is 28.1 Å². The topological polar surface area (TPSA) is 36.3 Å². The Morgan fingerprint density at radius 2 is 1.83 bits per heavy atom. The molecule has 0 saturated carbocycles. The average Bonchev–Trinajstić information content (AvgIpc) is 3.00. The molecule has 3 rings (SSSR count). The van der Waals surface area contributed by atoms with Crippen molar-refractivity contribution in [2.24, 2.45) is 0 Å². The van der Waals surface area contributed by atoms with Crippen LogP contribution in [0.2, 0.25) is 0 Å². The van der Waals surface area contributed by atoms with Gasteiger partial charge in [0.05, 0.1) is 11.2 Å². The lowest BCUT2D eigenvalue weighted by molar-refractivity contribution is 0.00578. The van der Waals surface area contributed by atoms with Gasteiger partial charge in [0.15, 0.2) is 0 Å². The first-order valence-corrected chi connectivity index (χ1v) is 8.20. The zero-order chi connectivity index (χ0) is 16.7. The van der Waals surface area contributed by atoms with Crippen LogP contribution in [0.3, 0.4) is 0 Å². The van der Waals surface area contributed by atoms with Gasteiger partial charge < -0.3 is 9.31 Å². The first-order chi connectivity index (χ1) is 10.8. The van der Waals surface area contributed by atoms with Crippen molar-refractivity contribution in [2.75, 3.05) is 0 Å². The lowest BCUT2D eigenvalue weighted by Gasteiger charge is -2.32. The fourth-order valence-corrected chi connectivity index (χ4v) is 2.71. The molecule has 2 heterocycles. The summed E-state index contributed by atoms with van der Waals surface area (Å²) in [6.45, 7) is 11.2. The molecule has 1 fully saturated rings. The van der Waals surface area contributed by atoms with E-state index in [2.05, 4.69) is 64.0 Å². The van der Waals surface area contributed by atoms with Crippen LogP contribution in [0.25, 0.3) is 0 Å². The quantitative estimate of drug-likeness (QED) is 0.815. The van der Waals surface area contributed by atoms with Crippen LogP contribution in [0.15, 0.2) is 36.7 Å². The summed E-state index contributed by atoms with van der Waals surface area (Å²) in [4.78, 5) is 0. The van der Waals surface area contributed by atoms with Crippen molar-refractivity contribution in [1.29, 1.82) is 0 Å². The summed E-state index contributed by atoms with van der Waals surface area (Å²) < 4.78 is 14.1. The second-order valence-electron chi connectivity index (χ2n) is 7.36. The molecule has 4 nitrogen and oxygen atoms in total. The Morgan fingerprint density at radius 3 is 2.48 bits per heavy atom. The van der Waals surface area contributed by atoms with E-state index < -0.39 is 0 Å². The maximum atomic E-state index is 6.07. The number of hydrogen-bond acceptors (Lipinski definition) is 3. The first-order valence-electron chi connectivity index (χ1n) is 8.20. The average molecular weight is 312 g/mol. The van der Waals surface area contributed by atoms with Crippen LogP contribution >= 0.6 is 0 Å². The highest BCUT2D eigenvalue weighted by Crippen LogP contribution is 2.36. The smallest absolute Gasteiger partial charge is 0.399 e. The third-order valence-corrected chi connectivity index (χ3v) is 4.89. The predicted octanol–water partition coefficient (Wildman–Crippen LogP) is 2.73. The Hall–Kier alpha value is -1.59. The van der Waals surface area contributed by atoms with Gasteiger partial charge in [0.25, 0.3) is 0 Å². The molecule has 1 aromatic heterocycles. The molecular formula is C18H25BN2O2. The van der Waals surface area contributed by atoms with Gasteiger partial charge in [0.1, 0.15) is 0 Å². The second-order valence-corrected chi connectivity index (χ2v) is 7.36. The minimum atomic E-state index is -0.340. The second kappa shape index (κ2) is 5.80. The molecule has 0 bridgehead atoms. The van der Waals surface area contributed by atoms with Crippen molar-refractivity contribution in [2.45, 2.75) is 58.8 Å². The third kappa shape index (κ3) is 3.36. The zero-order valence-corrected chi connectivity index (χ0v) is 14.7. The van der Waals surface area contributed by atoms with Crippen molar-refractivity contribution in [3.8, 4) is 0 Å². The van der Waals surface area contributed by atoms with Crippen LogP contribution in [0.1, 0.15) is 38.8 Å². The Kier molecular flexibility index (Phi) is 4.11. The molecule has 0 radical (unpaired) electrons. The Morgan fingerprint density at radius 1 is 1.13 bits per heavy atom. The minimum absolute atomic E-state index is 0.318. The van der Waals surface area contributed by atoms with E-state index in [-0.39, 0.29) is 18.3 Å². The number of hydrogen-bond donors (Lipinski definition) is 0. The van der Waals surface area contributed by atoms with Gasteiger partial charge in [-0.3, -0.25) is 4.68 Å². The van der Waals surface area contributed by atoms with E-state index in [4.69, 9.17) is 9.31 Å². The molecule has 23 heavy (non-hydrogen) atoms. The summed E-state index contributed by atoms with van der Waals surface area (Å²) in [5, 5.41) is 4.45. The highest BCUT2D eigenvalue weighted by molar-refractivity contribution is 6.61. The van der Waals surface area contributed by atoms with E-state index in [0.717, 1.165) is 18.4 Å². The molecule has 1 saturated heterocycles. The number of aromatic nitrogens is 2. The van der Waals surface area contributed by atoms with Gasteiger partial charge in [-0.1, -0.05) is 29.8 Å². The Balaban J connectivity index is 1.65. The molecular weight excluding hydrogens is 287 g/mol. The molecule has 0 unspecified atom stereocenters. The van der Waals surface area contributed by atoms with Crippen molar-refractivity contribution in [3.63, 3.8) is 0 Å². The molecule has 2 aromatic rings. The number of aryl methyl sites for hydroxylation is 3. The summed E-state index contributed by atoms with van der Waals surface area (Å²) in [7, 11) is -0.340. The fraction of sp³-hybridized carbons (Fsp3) is 0.500. The van der Waals surface area contributed by atoms with Crippen LogP contribution < -0.4 is 5.46 Å². The summed E-state index contributed by atoms with van der Waals surface area (Å²) in [5.41, 5.74) is 2.97. The fourth-order valence-electron chi connectivity index (χ4n) is 2.71. The van der Waals surface area contributed by atoms with Crippen molar-refractivity contribution >= 4 is 12.6 Å². The molecule has 5 heteroatoms. The molecule has 122 valence electrons. The van der Waals surface area contributed by atoms with Gasteiger partial charge in [-0.05, 0) is 46.6 Å². The van der Waals surface area contributed by atoms with Crippen LogP contribution in [0, 0.1) is 6.92 Å². The molecule has 0 atom stereocenters. The van der Waals surface area contributed by atoms with Crippen molar-refractivity contribution in [3.05, 3.63) is 47.8 Å². The Bertz CT molecular complexity index is 678. The predicted molar refractivity (Wildman–Crippen MR) is 92.8 cm³/mol.